The minimum Gasteiger partial charge on any atom is -0.507 e. The quantitative estimate of drug-likeness (QED) is 0.283. The van der Waals surface area contributed by atoms with E-state index in [0.29, 0.717) is 29.2 Å². The largest absolute Gasteiger partial charge is 0.507 e. The smallest absolute Gasteiger partial charge is 0.294 e. The Kier molecular flexibility index (Phi) is 5.98. The Labute approximate surface area is 187 Å². The van der Waals surface area contributed by atoms with E-state index in [2.05, 4.69) is 35.8 Å². The molecule has 0 aliphatic rings. The Balaban J connectivity index is 1.74. The number of amides is 1. The van der Waals surface area contributed by atoms with Crippen molar-refractivity contribution in [2.75, 3.05) is 12.3 Å². The zero-order chi connectivity index (χ0) is 23.4. The molecule has 2 heterocycles. The molecular formula is C21H20N8O4. The highest BCUT2D eigenvalue weighted by Crippen LogP contribution is 2.29. The van der Waals surface area contributed by atoms with E-state index < -0.39 is 5.91 Å². The van der Waals surface area contributed by atoms with Crippen molar-refractivity contribution in [3.05, 3.63) is 59.8 Å². The van der Waals surface area contributed by atoms with E-state index in [-0.39, 0.29) is 28.8 Å². The summed E-state index contributed by atoms with van der Waals surface area (Å²) in [7, 11) is 0. The molecule has 12 heteroatoms. The van der Waals surface area contributed by atoms with Crippen LogP contribution in [0.2, 0.25) is 0 Å². The van der Waals surface area contributed by atoms with Crippen molar-refractivity contribution in [2.24, 2.45) is 5.10 Å². The Morgan fingerprint density at radius 2 is 2.06 bits per heavy atom. The van der Waals surface area contributed by atoms with Crippen molar-refractivity contribution < 1.29 is 19.3 Å². The number of aromatic hydroxyl groups is 1. The fourth-order valence-corrected chi connectivity index (χ4v) is 3.11. The van der Waals surface area contributed by atoms with Crippen LogP contribution in [0.5, 0.6) is 11.5 Å². The van der Waals surface area contributed by atoms with Crippen LogP contribution in [-0.4, -0.2) is 48.6 Å². The fourth-order valence-electron chi connectivity index (χ4n) is 3.11. The van der Waals surface area contributed by atoms with Crippen LogP contribution >= 0.6 is 0 Å². The van der Waals surface area contributed by atoms with Gasteiger partial charge in [0.05, 0.1) is 12.3 Å². The number of benzene rings is 2. The molecule has 0 aliphatic carbocycles. The monoisotopic (exact) mass is 448 g/mol. The van der Waals surface area contributed by atoms with Crippen LogP contribution < -0.4 is 15.9 Å². The maximum Gasteiger partial charge on any atom is 0.294 e. The minimum absolute atomic E-state index is 0.0255. The van der Waals surface area contributed by atoms with Gasteiger partial charge in [-0.2, -0.15) is 9.78 Å². The second-order valence-corrected chi connectivity index (χ2v) is 6.79. The van der Waals surface area contributed by atoms with Crippen LogP contribution in [0, 0.1) is 0 Å². The minimum atomic E-state index is -0.636. The molecule has 2 aromatic carbocycles. The SMILES string of the molecule is CCOc1cccc(-c2c(C(=O)NN=C(C)c3ccccc3O)nnn2-c2nonc2N)c1. The lowest BCUT2D eigenvalue weighted by Gasteiger charge is -2.09. The second-order valence-electron chi connectivity index (χ2n) is 6.79. The van der Waals surface area contributed by atoms with Gasteiger partial charge in [-0.3, -0.25) is 4.79 Å². The summed E-state index contributed by atoms with van der Waals surface area (Å²) in [6.45, 7) is 3.99. The lowest BCUT2D eigenvalue weighted by atomic mass is 10.1. The summed E-state index contributed by atoms with van der Waals surface area (Å²) >= 11 is 0. The summed E-state index contributed by atoms with van der Waals surface area (Å²) in [6.07, 6.45) is 0. The van der Waals surface area contributed by atoms with Gasteiger partial charge in [0.15, 0.2) is 5.69 Å². The summed E-state index contributed by atoms with van der Waals surface area (Å²) in [5.74, 6) is 0.0488. The molecule has 0 radical (unpaired) electrons. The molecule has 0 spiro atoms. The van der Waals surface area contributed by atoms with Crippen LogP contribution in [0.3, 0.4) is 0 Å². The Morgan fingerprint density at radius 1 is 1.24 bits per heavy atom. The van der Waals surface area contributed by atoms with Gasteiger partial charge in [-0.05, 0) is 48.4 Å². The first-order valence-corrected chi connectivity index (χ1v) is 9.90. The highest BCUT2D eigenvalue weighted by molar-refractivity contribution is 6.03. The summed E-state index contributed by atoms with van der Waals surface area (Å²) in [5.41, 5.74) is 9.97. The molecule has 4 rings (SSSR count). The number of nitrogens with one attached hydrogen (secondary N) is 1. The van der Waals surface area contributed by atoms with Crippen LogP contribution in [0.15, 0.2) is 58.3 Å². The Bertz CT molecular complexity index is 1330. The molecular weight excluding hydrogens is 428 g/mol. The first-order valence-electron chi connectivity index (χ1n) is 9.90. The third-order valence-electron chi connectivity index (χ3n) is 4.62. The molecule has 4 N–H and O–H groups in total. The third kappa shape index (κ3) is 4.35. The maximum absolute atomic E-state index is 13.0. The molecule has 0 atom stereocenters. The lowest BCUT2D eigenvalue weighted by molar-refractivity contribution is 0.0950. The van der Waals surface area contributed by atoms with E-state index in [1.807, 2.05) is 6.92 Å². The number of carbonyl (C=O) groups is 1. The second kappa shape index (κ2) is 9.18. The average molecular weight is 448 g/mol. The third-order valence-corrected chi connectivity index (χ3v) is 4.62. The number of nitrogen functional groups attached to an aromatic ring is 1. The van der Waals surface area contributed by atoms with Gasteiger partial charge in [0.25, 0.3) is 5.91 Å². The number of carbonyl (C=O) groups excluding carboxylic acids is 1. The van der Waals surface area contributed by atoms with E-state index >= 15 is 0 Å². The molecule has 1 amide bonds. The van der Waals surface area contributed by atoms with Gasteiger partial charge >= 0.3 is 0 Å². The van der Waals surface area contributed by atoms with Gasteiger partial charge in [0.1, 0.15) is 17.2 Å². The summed E-state index contributed by atoms with van der Waals surface area (Å²) in [6, 6.07) is 13.7. The molecule has 0 saturated heterocycles. The highest BCUT2D eigenvalue weighted by Gasteiger charge is 2.25. The van der Waals surface area contributed by atoms with Gasteiger partial charge in [-0.1, -0.05) is 29.5 Å². The normalized spacial score (nSPS) is 11.4. The number of nitrogens with two attached hydrogens (primary N) is 1. The fraction of sp³-hybridized carbons (Fsp3) is 0.143. The van der Waals surface area contributed by atoms with Crippen molar-refractivity contribution >= 4 is 17.4 Å². The zero-order valence-electron chi connectivity index (χ0n) is 17.8. The topological polar surface area (TPSA) is 167 Å². The number of phenolic OH excluding ortho intramolecular Hbond substituents is 1. The van der Waals surface area contributed by atoms with Crippen molar-refractivity contribution in [1.29, 1.82) is 0 Å². The van der Waals surface area contributed by atoms with Crippen LogP contribution in [0.1, 0.15) is 29.9 Å². The van der Waals surface area contributed by atoms with Gasteiger partial charge < -0.3 is 15.6 Å². The molecule has 2 aromatic heterocycles. The number of ether oxygens (including phenoxy) is 1. The Hall–Kier alpha value is -4.74. The van der Waals surface area contributed by atoms with E-state index in [9.17, 15) is 9.90 Å². The van der Waals surface area contributed by atoms with Crippen molar-refractivity contribution in [1.82, 2.24) is 30.7 Å². The van der Waals surface area contributed by atoms with Crippen molar-refractivity contribution in [3.8, 4) is 28.6 Å². The van der Waals surface area contributed by atoms with Gasteiger partial charge in [-0.25, -0.2) is 10.1 Å². The van der Waals surface area contributed by atoms with Crippen molar-refractivity contribution in [2.45, 2.75) is 13.8 Å². The molecule has 0 bridgehead atoms. The van der Waals surface area contributed by atoms with E-state index in [1.165, 1.54) is 10.7 Å². The maximum atomic E-state index is 13.0. The van der Waals surface area contributed by atoms with Crippen LogP contribution in [0.4, 0.5) is 5.82 Å². The standard InChI is InChI=1S/C21H20N8O4/c1-3-32-14-8-6-7-13(11-14)18-17(24-28-29(18)20-19(22)26-33-27-20)21(31)25-23-12(2)15-9-4-5-10-16(15)30/h4-11,30H,3H2,1-2H3,(H2,22,26)(H,25,31). The number of anilines is 1. The number of phenols is 1. The van der Waals surface area contributed by atoms with Gasteiger partial charge in [-0.15, -0.1) is 5.10 Å². The van der Waals surface area contributed by atoms with Gasteiger partial charge in [0.2, 0.25) is 11.6 Å². The van der Waals surface area contributed by atoms with E-state index in [1.54, 1.807) is 49.4 Å². The number of aromatic nitrogens is 5. The lowest BCUT2D eigenvalue weighted by Crippen LogP contribution is -2.21. The van der Waals surface area contributed by atoms with Gasteiger partial charge in [0, 0.05) is 11.1 Å². The molecule has 0 saturated carbocycles. The summed E-state index contributed by atoms with van der Waals surface area (Å²) in [4.78, 5) is 13.0. The molecule has 0 aliphatic heterocycles. The number of hydrazone groups is 1. The summed E-state index contributed by atoms with van der Waals surface area (Å²) < 4.78 is 11.5. The molecule has 168 valence electrons. The first-order chi connectivity index (χ1) is 16.0. The average Bonchev–Trinajstić information content (AvgIpc) is 3.44. The molecule has 4 aromatic rings. The number of hydrogen-bond donors (Lipinski definition) is 3. The highest BCUT2D eigenvalue weighted by atomic mass is 16.6. The first kappa shape index (κ1) is 21.5. The van der Waals surface area contributed by atoms with Crippen LogP contribution in [0.25, 0.3) is 17.1 Å². The Morgan fingerprint density at radius 3 is 2.79 bits per heavy atom. The molecule has 0 unspecified atom stereocenters. The molecule has 33 heavy (non-hydrogen) atoms. The number of rotatable bonds is 7. The number of nitrogens with zero attached hydrogens (tertiary/aromatic N) is 6. The van der Waals surface area contributed by atoms with E-state index in [4.69, 9.17) is 10.5 Å². The predicted octanol–water partition coefficient (Wildman–Crippen LogP) is 2.16. The van der Waals surface area contributed by atoms with Crippen LogP contribution in [-0.2, 0) is 0 Å². The zero-order valence-corrected chi connectivity index (χ0v) is 17.8. The predicted molar refractivity (Wildman–Crippen MR) is 118 cm³/mol. The molecule has 12 nitrogen and oxygen atoms in total. The molecule has 0 fully saturated rings. The number of hydrogen-bond acceptors (Lipinski definition) is 10. The van der Waals surface area contributed by atoms with Crippen molar-refractivity contribution in [3.63, 3.8) is 0 Å². The van der Waals surface area contributed by atoms with E-state index in [0.717, 1.165) is 0 Å². The summed E-state index contributed by atoms with van der Waals surface area (Å²) in [5, 5.41) is 29.4. The number of para-hydroxylation sites is 1.